The van der Waals surface area contributed by atoms with E-state index in [9.17, 15) is 10.2 Å². The number of para-hydroxylation sites is 2. The first-order valence-electron chi connectivity index (χ1n) is 7.93. The predicted molar refractivity (Wildman–Crippen MR) is 97.8 cm³/mol. The van der Waals surface area contributed by atoms with Gasteiger partial charge in [-0.3, -0.25) is 0 Å². The van der Waals surface area contributed by atoms with Gasteiger partial charge in [0.2, 0.25) is 0 Å². The van der Waals surface area contributed by atoms with Gasteiger partial charge >= 0.3 is 0 Å². The van der Waals surface area contributed by atoms with Crippen LogP contribution < -0.4 is 0 Å². The Kier molecular flexibility index (Phi) is 3.81. The van der Waals surface area contributed by atoms with Crippen LogP contribution in [0.4, 0.5) is 5.69 Å². The minimum Gasteiger partial charge on any atom is -0.507 e. The highest BCUT2D eigenvalue weighted by Gasteiger charge is 2.20. The zero-order valence-electron chi connectivity index (χ0n) is 12.9. The second kappa shape index (κ2) is 5.98. The van der Waals surface area contributed by atoms with Crippen LogP contribution in [0.15, 0.2) is 45.8 Å². The van der Waals surface area contributed by atoms with E-state index in [2.05, 4.69) is 20.9 Å². The Hall–Kier alpha value is -2.27. The highest BCUT2D eigenvalue weighted by atomic mass is 79.9. The lowest BCUT2D eigenvalue weighted by atomic mass is 9.95. The summed E-state index contributed by atoms with van der Waals surface area (Å²) in [4.78, 5) is 4.36. The summed E-state index contributed by atoms with van der Waals surface area (Å²) in [7, 11) is 0. The second-order valence-electron chi connectivity index (χ2n) is 5.97. The molecule has 0 unspecified atom stereocenters. The van der Waals surface area contributed by atoms with Crippen LogP contribution in [0, 0.1) is 0 Å². The van der Waals surface area contributed by atoms with Gasteiger partial charge in [-0.1, -0.05) is 12.1 Å². The minimum atomic E-state index is 0.0866. The van der Waals surface area contributed by atoms with Gasteiger partial charge in [0.1, 0.15) is 33.2 Å². The maximum atomic E-state index is 10.4. The van der Waals surface area contributed by atoms with E-state index in [1.54, 1.807) is 36.4 Å². The number of hydrogen-bond acceptors (Lipinski definition) is 4. The SMILES string of the molecule is Oc1ccccc1N=C(Br)c1cc2oc3c(c2cc1O)CCCC3. The number of halogens is 1. The molecule has 0 spiro atoms. The van der Waals surface area contributed by atoms with E-state index in [0.717, 1.165) is 42.4 Å². The third-order valence-corrected chi connectivity index (χ3v) is 5.00. The van der Waals surface area contributed by atoms with Gasteiger partial charge in [-0.15, -0.1) is 0 Å². The quantitative estimate of drug-likeness (QED) is 0.596. The number of phenolic OH excluding ortho intramolecular Hbond substituents is 2. The Morgan fingerprint density at radius 1 is 1.04 bits per heavy atom. The van der Waals surface area contributed by atoms with Crippen LogP contribution in [0.2, 0.25) is 0 Å². The Labute approximate surface area is 147 Å². The van der Waals surface area contributed by atoms with Crippen LogP contribution in [0.3, 0.4) is 0 Å². The smallest absolute Gasteiger partial charge is 0.141 e. The molecule has 0 amide bonds. The Bertz CT molecular complexity index is 959. The molecule has 0 saturated heterocycles. The minimum absolute atomic E-state index is 0.0866. The molecule has 1 aliphatic rings. The molecule has 4 nitrogen and oxygen atoms in total. The number of hydrogen-bond donors (Lipinski definition) is 2. The third kappa shape index (κ3) is 2.59. The van der Waals surface area contributed by atoms with E-state index in [1.165, 1.54) is 5.56 Å². The lowest BCUT2D eigenvalue weighted by Gasteiger charge is -2.08. The molecule has 5 heteroatoms. The predicted octanol–water partition coefficient (Wildman–Crippen LogP) is 5.20. The molecular weight excluding hydrogens is 370 g/mol. The normalized spacial score (nSPS) is 14.8. The topological polar surface area (TPSA) is 66.0 Å². The van der Waals surface area contributed by atoms with Crippen LogP contribution in [0.1, 0.15) is 29.7 Å². The van der Waals surface area contributed by atoms with Gasteiger partial charge in [-0.05, 0) is 59.5 Å². The van der Waals surface area contributed by atoms with Crippen LogP contribution in [-0.4, -0.2) is 14.8 Å². The molecule has 0 bridgehead atoms. The maximum Gasteiger partial charge on any atom is 0.141 e. The summed E-state index contributed by atoms with van der Waals surface area (Å²) in [5.74, 6) is 1.26. The number of nitrogens with zero attached hydrogens (tertiary/aromatic N) is 1. The van der Waals surface area contributed by atoms with Crippen molar-refractivity contribution >= 4 is 37.2 Å². The highest BCUT2D eigenvalue weighted by Crippen LogP contribution is 2.37. The molecule has 1 aromatic heterocycles. The van der Waals surface area contributed by atoms with Crippen LogP contribution in [-0.2, 0) is 12.8 Å². The molecule has 0 fully saturated rings. The van der Waals surface area contributed by atoms with E-state index in [1.807, 2.05) is 0 Å². The number of fused-ring (bicyclic) bond motifs is 3. The van der Waals surface area contributed by atoms with Gasteiger partial charge < -0.3 is 14.6 Å². The zero-order chi connectivity index (χ0) is 16.7. The molecule has 0 saturated carbocycles. The molecule has 2 N–H and O–H groups in total. The maximum absolute atomic E-state index is 10.4. The lowest BCUT2D eigenvalue weighted by molar-refractivity contribution is 0.474. The number of benzene rings is 2. The van der Waals surface area contributed by atoms with Crippen LogP contribution in [0.25, 0.3) is 11.0 Å². The molecule has 0 atom stereocenters. The van der Waals surface area contributed by atoms with Gasteiger partial charge in [0.05, 0.1) is 5.56 Å². The molecule has 4 rings (SSSR count). The molecule has 1 aliphatic carbocycles. The summed E-state index contributed by atoms with van der Waals surface area (Å²) in [6.07, 6.45) is 4.24. The van der Waals surface area contributed by atoms with Crippen LogP contribution in [0.5, 0.6) is 11.5 Å². The Morgan fingerprint density at radius 3 is 2.67 bits per heavy atom. The molecule has 3 aromatic rings. The standard InChI is InChI=1S/C19H16BrNO3/c20-19(21-14-6-2-3-7-15(14)22)13-10-18-12(9-16(13)23)11-5-1-4-8-17(11)24-18/h2-3,6-7,9-10,22-23H,1,4-5,8H2. The van der Waals surface area contributed by atoms with Crippen molar-refractivity contribution in [3.05, 3.63) is 53.3 Å². The van der Waals surface area contributed by atoms with Crippen LogP contribution >= 0.6 is 15.9 Å². The molecular formula is C19H16BrNO3. The van der Waals surface area contributed by atoms with E-state index >= 15 is 0 Å². The van der Waals surface area contributed by atoms with E-state index in [4.69, 9.17) is 4.42 Å². The summed E-state index contributed by atoms with van der Waals surface area (Å²) >= 11 is 3.40. The number of rotatable bonds is 2. The van der Waals surface area contributed by atoms with Gasteiger partial charge in [0.15, 0.2) is 0 Å². The second-order valence-corrected chi connectivity index (χ2v) is 6.72. The zero-order valence-corrected chi connectivity index (χ0v) is 14.5. The fourth-order valence-corrected chi connectivity index (χ4v) is 3.70. The number of phenols is 2. The first-order chi connectivity index (χ1) is 11.6. The fraction of sp³-hybridized carbons (Fsp3) is 0.211. The van der Waals surface area contributed by atoms with E-state index < -0.39 is 0 Å². The number of furan rings is 1. The van der Waals surface area contributed by atoms with Gasteiger partial charge in [-0.2, -0.15) is 0 Å². The Balaban J connectivity index is 1.82. The number of aliphatic imine (C=N–C) groups is 1. The summed E-state index contributed by atoms with van der Waals surface area (Å²) in [6, 6.07) is 10.4. The van der Waals surface area contributed by atoms with Crippen molar-refractivity contribution in [2.24, 2.45) is 4.99 Å². The Morgan fingerprint density at radius 2 is 1.83 bits per heavy atom. The summed E-state index contributed by atoms with van der Waals surface area (Å²) in [5, 5.41) is 21.3. The number of aryl methyl sites for hydroxylation is 2. The van der Waals surface area contributed by atoms with Crippen molar-refractivity contribution in [2.75, 3.05) is 0 Å². The highest BCUT2D eigenvalue weighted by molar-refractivity contribution is 9.18. The molecule has 0 radical (unpaired) electrons. The van der Waals surface area contributed by atoms with Gasteiger partial charge in [-0.25, -0.2) is 4.99 Å². The summed E-state index contributed by atoms with van der Waals surface area (Å²) < 4.78 is 6.42. The molecule has 24 heavy (non-hydrogen) atoms. The number of aromatic hydroxyl groups is 2. The molecule has 0 aliphatic heterocycles. The monoisotopic (exact) mass is 385 g/mol. The summed E-state index contributed by atoms with van der Waals surface area (Å²) in [5.41, 5.74) is 2.95. The van der Waals surface area contributed by atoms with Crippen molar-refractivity contribution < 1.29 is 14.6 Å². The first-order valence-corrected chi connectivity index (χ1v) is 8.72. The lowest BCUT2D eigenvalue weighted by Crippen LogP contribution is -1.98. The third-order valence-electron chi connectivity index (χ3n) is 4.40. The molecule has 1 heterocycles. The van der Waals surface area contributed by atoms with Crippen molar-refractivity contribution in [3.8, 4) is 11.5 Å². The van der Waals surface area contributed by atoms with Crippen molar-refractivity contribution in [1.29, 1.82) is 0 Å². The largest absolute Gasteiger partial charge is 0.507 e. The van der Waals surface area contributed by atoms with Crippen molar-refractivity contribution in [2.45, 2.75) is 25.7 Å². The molecule has 122 valence electrons. The first kappa shape index (κ1) is 15.3. The fourth-order valence-electron chi connectivity index (χ4n) is 3.19. The van der Waals surface area contributed by atoms with E-state index in [-0.39, 0.29) is 11.5 Å². The van der Waals surface area contributed by atoms with Crippen molar-refractivity contribution in [3.63, 3.8) is 0 Å². The van der Waals surface area contributed by atoms with Gasteiger partial charge in [0, 0.05) is 17.4 Å². The van der Waals surface area contributed by atoms with E-state index in [0.29, 0.717) is 15.9 Å². The summed E-state index contributed by atoms with van der Waals surface area (Å²) in [6.45, 7) is 0. The van der Waals surface area contributed by atoms with Gasteiger partial charge in [0.25, 0.3) is 0 Å². The van der Waals surface area contributed by atoms with Crippen molar-refractivity contribution in [1.82, 2.24) is 0 Å². The average molecular weight is 386 g/mol. The molecule has 2 aromatic carbocycles. The average Bonchev–Trinajstić information content (AvgIpc) is 2.94.